The smallest absolute Gasteiger partial charge is 0.0828 e. The van der Waals surface area contributed by atoms with Crippen molar-refractivity contribution in [1.82, 2.24) is 5.43 Å². The summed E-state index contributed by atoms with van der Waals surface area (Å²) in [6.45, 7) is 0. The van der Waals surface area contributed by atoms with Gasteiger partial charge >= 0.3 is 0 Å². The van der Waals surface area contributed by atoms with Crippen molar-refractivity contribution in [1.29, 1.82) is 0 Å². The Labute approximate surface area is 131 Å². The van der Waals surface area contributed by atoms with Crippen LogP contribution < -0.4 is 11.3 Å². The minimum Gasteiger partial charge on any atom is -0.271 e. The summed E-state index contributed by atoms with van der Waals surface area (Å²) in [4.78, 5) is 1.03. The molecule has 1 atom stereocenters. The zero-order valence-electron chi connectivity index (χ0n) is 8.58. The molecule has 2 aromatic rings. The van der Waals surface area contributed by atoms with Crippen LogP contribution in [-0.4, -0.2) is 0 Å². The Morgan fingerprint density at radius 3 is 2.76 bits per heavy atom. The molecule has 0 amide bonds. The highest BCUT2D eigenvalue weighted by Crippen LogP contribution is 2.35. The molecule has 6 heteroatoms. The van der Waals surface area contributed by atoms with E-state index in [4.69, 9.17) is 17.4 Å². The summed E-state index contributed by atoms with van der Waals surface area (Å²) in [6, 6.07) is 7.92. The third-order valence-corrected chi connectivity index (χ3v) is 5.24. The Kier molecular flexibility index (Phi) is 4.85. The highest BCUT2D eigenvalue weighted by molar-refractivity contribution is 14.1. The van der Waals surface area contributed by atoms with Gasteiger partial charge in [0.1, 0.15) is 0 Å². The fourth-order valence-electron chi connectivity index (χ4n) is 1.55. The minimum atomic E-state index is -0.0769. The molecule has 3 N–H and O–H groups in total. The van der Waals surface area contributed by atoms with Gasteiger partial charge in [0, 0.05) is 12.9 Å². The predicted molar refractivity (Wildman–Crippen MR) is 85.4 cm³/mol. The van der Waals surface area contributed by atoms with E-state index in [-0.39, 0.29) is 6.04 Å². The van der Waals surface area contributed by atoms with E-state index in [1.54, 1.807) is 11.3 Å². The molecule has 1 heterocycles. The molecule has 0 saturated carbocycles. The normalized spacial score (nSPS) is 12.7. The van der Waals surface area contributed by atoms with Gasteiger partial charge in [-0.05, 0) is 57.8 Å². The fourth-order valence-corrected chi connectivity index (χ4v) is 3.82. The molecule has 90 valence electrons. The average Bonchev–Trinajstić information content (AvgIpc) is 2.71. The highest BCUT2D eigenvalue weighted by atomic mass is 127. The number of hydrogen-bond donors (Lipinski definition) is 2. The monoisotopic (exact) mass is 442 g/mol. The molecule has 0 bridgehead atoms. The van der Waals surface area contributed by atoms with Crippen LogP contribution in [0, 0.1) is 3.57 Å². The van der Waals surface area contributed by atoms with Gasteiger partial charge in [0.25, 0.3) is 0 Å². The zero-order valence-corrected chi connectivity index (χ0v) is 13.9. The maximum atomic E-state index is 6.16. The van der Waals surface area contributed by atoms with Crippen molar-refractivity contribution >= 4 is 61.5 Å². The van der Waals surface area contributed by atoms with E-state index in [9.17, 15) is 0 Å². The van der Waals surface area contributed by atoms with E-state index in [1.807, 2.05) is 23.6 Å². The van der Waals surface area contributed by atoms with Crippen LogP contribution in [0.5, 0.6) is 0 Å². The van der Waals surface area contributed by atoms with Crippen LogP contribution in [0.15, 0.2) is 34.1 Å². The van der Waals surface area contributed by atoms with E-state index < -0.39 is 0 Å². The van der Waals surface area contributed by atoms with Gasteiger partial charge in [-0.3, -0.25) is 5.84 Å². The van der Waals surface area contributed by atoms with Crippen molar-refractivity contribution < 1.29 is 0 Å². The van der Waals surface area contributed by atoms with E-state index in [0.29, 0.717) is 0 Å². The van der Waals surface area contributed by atoms with Crippen LogP contribution in [0.25, 0.3) is 0 Å². The van der Waals surface area contributed by atoms with E-state index in [2.05, 4.69) is 50.0 Å². The molecular formula is C11H9BrClIN2S. The first-order valence-corrected chi connectivity index (χ1v) is 7.90. The average molecular weight is 444 g/mol. The van der Waals surface area contributed by atoms with Crippen molar-refractivity contribution in [3.63, 3.8) is 0 Å². The van der Waals surface area contributed by atoms with Gasteiger partial charge in [-0.25, -0.2) is 5.43 Å². The van der Waals surface area contributed by atoms with Crippen LogP contribution in [0.4, 0.5) is 0 Å². The first kappa shape index (κ1) is 13.8. The highest BCUT2D eigenvalue weighted by Gasteiger charge is 2.19. The van der Waals surface area contributed by atoms with Crippen molar-refractivity contribution in [2.75, 3.05) is 0 Å². The first-order valence-electron chi connectivity index (χ1n) is 4.77. The summed E-state index contributed by atoms with van der Waals surface area (Å²) >= 11 is 13.5. The summed E-state index contributed by atoms with van der Waals surface area (Å²) < 4.78 is 2.18. The molecule has 0 saturated heterocycles. The molecule has 0 aliphatic rings. The molecule has 2 nitrogen and oxygen atoms in total. The number of benzene rings is 1. The Bertz CT molecular complexity index is 532. The topological polar surface area (TPSA) is 38.0 Å². The number of nitrogens with one attached hydrogen (secondary N) is 1. The summed E-state index contributed by atoms with van der Waals surface area (Å²) in [5, 5.41) is 2.71. The molecule has 1 aromatic carbocycles. The number of hydrazine groups is 1. The molecule has 0 aliphatic heterocycles. The maximum absolute atomic E-state index is 6.16. The fraction of sp³-hybridized carbons (Fsp3) is 0.0909. The molecule has 2 rings (SSSR count). The second-order valence-corrected chi connectivity index (χ2v) is 6.83. The number of halogens is 3. The quantitative estimate of drug-likeness (QED) is 0.421. The molecule has 17 heavy (non-hydrogen) atoms. The van der Waals surface area contributed by atoms with Gasteiger partial charge in [-0.1, -0.05) is 27.5 Å². The number of hydrogen-bond acceptors (Lipinski definition) is 3. The Morgan fingerprint density at radius 2 is 2.18 bits per heavy atom. The lowest BCUT2D eigenvalue weighted by atomic mass is 10.1. The van der Waals surface area contributed by atoms with Gasteiger partial charge < -0.3 is 0 Å². The zero-order chi connectivity index (χ0) is 12.4. The molecule has 0 radical (unpaired) electrons. The molecule has 0 fully saturated rings. The second kappa shape index (κ2) is 5.99. The standard InChI is InChI=1S/C11H9BrClIN2S/c12-6-1-2-9(14)7(5-6)10(16-15)11-8(13)3-4-17-11/h1-5,10,16H,15H2. The van der Waals surface area contributed by atoms with Crippen LogP contribution in [-0.2, 0) is 0 Å². The van der Waals surface area contributed by atoms with E-state index in [0.717, 1.165) is 23.5 Å². The lowest BCUT2D eigenvalue weighted by molar-refractivity contribution is 0.644. The second-order valence-electron chi connectivity index (χ2n) is 3.40. The lowest BCUT2D eigenvalue weighted by Gasteiger charge is -2.17. The summed E-state index contributed by atoms with van der Waals surface area (Å²) in [7, 11) is 0. The van der Waals surface area contributed by atoms with Gasteiger partial charge in [-0.2, -0.15) is 0 Å². The van der Waals surface area contributed by atoms with Gasteiger partial charge in [0.15, 0.2) is 0 Å². The third kappa shape index (κ3) is 3.02. The first-order chi connectivity index (χ1) is 8.13. The van der Waals surface area contributed by atoms with Crippen molar-refractivity contribution in [2.45, 2.75) is 6.04 Å². The maximum Gasteiger partial charge on any atom is 0.0828 e. The Balaban J connectivity index is 2.49. The predicted octanol–water partition coefficient (Wildman–Crippen LogP) is 4.32. The summed E-state index contributed by atoms with van der Waals surface area (Å²) in [6.07, 6.45) is 0. The molecule has 0 aliphatic carbocycles. The van der Waals surface area contributed by atoms with Crippen LogP contribution in [0.3, 0.4) is 0 Å². The Morgan fingerprint density at radius 1 is 1.41 bits per heavy atom. The van der Waals surface area contributed by atoms with Gasteiger partial charge in [-0.15, -0.1) is 11.3 Å². The van der Waals surface area contributed by atoms with E-state index in [1.165, 1.54) is 0 Å². The van der Waals surface area contributed by atoms with Crippen LogP contribution in [0.1, 0.15) is 16.5 Å². The molecule has 1 aromatic heterocycles. The summed E-state index contributed by atoms with van der Waals surface area (Å²) in [5.74, 6) is 5.66. The third-order valence-electron chi connectivity index (χ3n) is 2.34. The van der Waals surface area contributed by atoms with Crippen LogP contribution >= 0.6 is 61.5 Å². The van der Waals surface area contributed by atoms with Crippen LogP contribution in [0.2, 0.25) is 5.02 Å². The molecule has 1 unspecified atom stereocenters. The lowest BCUT2D eigenvalue weighted by Crippen LogP contribution is -2.29. The minimum absolute atomic E-state index is 0.0769. The number of rotatable bonds is 3. The largest absolute Gasteiger partial charge is 0.271 e. The molecular weight excluding hydrogens is 434 g/mol. The van der Waals surface area contributed by atoms with Gasteiger partial charge in [0.05, 0.1) is 11.1 Å². The number of nitrogens with two attached hydrogens (primary N) is 1. The SMILES string of the molecule is NNC(c1cc(Br)ccc1I)c1sccc1Cl. The molecule has 0 spiro atoms. The van der Waals surface area contributed by atoms with Crippen molar-refractivity contribution in [3.05, 3.63) is 53.2 Å². The Hall–Kier alpha value is 0.340. The van der Waals surface area contributed by atoms with Crippen molar-refractivity contribution in [3.8, 4) is 0 Å². The van der Waals surface area contributed by atoms with Crippen molar-refractivity contribution in [2.24, 2.45) is 5.84 Å². The summed E-state index contributed by atoms with van der Waals surface area (Å²) in [5.41, 5.74) is 3.95. The van der Waals surface area contributed by atoms with Gasteiger partial charge in [0.2, 0.25) is 0 Å². The van der Waals surface area contributed by atoms with E-state index >= 15 is 0 Å². The number of thiophene rings is 1.